The summed E-state index contributed by atoms with van der Waals surface area (Å²) < 4.78 is 2.39. The van der Waals surface area contributed by atoms with Gasteiger partial charge in [0.15, 0.2) is 5.82 Å². The van der Waals surface area contributed by atoms with Gasteiger partial charge in [-0.05, 0) is 40.8 Å². The third-order valence-electron chi connectivity index (χ3n) is 9.04. The number of fused-ring (bicyclic) bond motifs is 4. The Balaban J connectivity index is 1.24. The second kappa shape index (κ2) is 11.2. The van der Waals surface area contributed by atoms with Crippen molar-refractivity contribution in [3.63, 3.8) is 0 Å². The van der Waals surface area contributed by atoms with Gasteiger partial charge in [-0.2, -0.15) is 0 Å². The molecule has 3 heteroatoms. The molecule has 0 fully saturated rings. The number of nitrogens with zero attached hydrogens (tertiary/aromatic N) is 3. The predicted molar refractivity (Wildman–Crippen MR) is 196 cm³/mol. The van der Waals surface area contributed by atoms with E-state index in [1.54, 1.807) is 0 Å². The fraction of sp³-hybridized carbons (Fsp3) is 0. The molecule has 0 bridgehead atoms. The third kappa shape index (κ3) is 4.68. The van der Waals surface area contributed by atoms with Crippen molar-refractivity contribution in [1.29, 1.82) is 0 Å². The Hall–Kier alpha value is -6.32. The van der Waals surface area contributed by atoms with Gasteiger partial charge in [0.25, 0.3) is 0 Å². The molecule has 0 aliphatic rings. The van der Waals surface area contributed by atoms with E-state index >= 15 is 0 Å². The van der Waals surface area contributed by atoms with Gasteiger partial charge in [-0.25, -0.2) is 9.97 Å². The van der Waals surface area contributed by atoms with E-state index in [0.29, 0.717) is 5.82 Å². The number of benzene rings is 7. The second-order valence-electron chi connectivity index (χ2n) is 11.8. The van der Waals surface area contributed by atoms with Crippen LogP contribution in [0.5, 0.6) is 0 Å². The van der Waals surface area contributed by atoms with Crippen LogP contribution in [0.1, 0.15) is 0 Å². The fourth-order valence-corrected chi connectivity index (χ4v) is 6.80. The van der Waals surface area contributed by atoms with Gasteiger partial charge < -0.3 is 4.57 Å². The molecule has 9 aromatic rings. The summed E-state index contributed by atoms with van der Waals surface area (Å²) in [6.45, 7) is 0. The Morgan fingerprint density at radius 2 is 0.830 bits per heavy atom. The summed E-state index contributed by atoms with van der Waals surface area (Å²) in [6, 6.07) is 62.0. The minimum atomic E-state index is 0.709. The van der Waals surface area contributed by atoms with Crippen LogP contribution in [0.15, 0.2) is 176 Å². The lowest BCUT2D eigenvalue weighted by atomic mass is 9.98. The van der Waals surface area contributed by atoms with Crippen molar-refractivity contribution in [3.05, 3.63) is 176 Å². The monoisotopic (exact) mass is 599 g/mol. The number of rotatable bonds is 5. The molecule has 0 unspecified atom stereocenters. The van der Waals surface area contributed by atoms with Gasteiger partial charge in [0.05, 0.1) is 28.1 Å². The van der Waals surface area contributed by atoms with Crippen LogP contribution in [-0.2, 0) is 0 Å². The molecule has 3 nitrogen and oxygen atoms in total. The van der Waals surface area contributed by atoms with Gasteiger partial charge >= 0.3 is 0 Å². The topological polar surface area (TPSA) is 30.7 Å². The number of aromatic nitrogens is 3. The van der Waals surface area contributed by atoms with Crippen molar-refractivity contribution in [2.45, 2.75) is 0 Å². The molecule has 0 spiro atoms. The molecule has 0 N–H and O–H groups in total. The van der Waals surface area contributed by atoms with E-state index in [2.05, 4.69) is 156 Å². The zero-order valence-corrected chi connectivity index (χ0v) is 25.6. The van der Waals surface area contributed by atoms with Crippen LogP contribution in [0, 0.1) is 0 Å². The van der Waals surface area contributed by atoms with Gasteiger partial charge in [0, 0.05) is 32.8 Å². The highest BCUT2D eigenvalue weighted by atomic mass is 15.0. The molecule has 0 radical (unpaired) electrons. The van der Waals surface area contributed by atoms with Crippen LogP contribution < -0.4 is 0 Å². The quantitative estimate of drug-likeness (QED) is 0.197. The summed E-state index contributed by atoms with van der Waals surface area (Å²) in [5, 5.41) is 4.82. The first-order valence-corrected chi connectivity index (χ1v) is 15.9. The molecule has 0 aliphatic heterocycles. The van der Waals surface area contributed by atoms with Gasteiger partial charge in [-0.1, -0.05) is 152 Å². The molecule has 9 rings (SSSR count). The molecule has 0 saturated heterocycles. The smallest absolute Gasteiger partial charge is 0.160 e. The lowest BCUT2D eigenvalue weighted by Crippen LogP contribution is -1.99. The number of hydrogen-bond donors (Lipinski definition) is 0. The lowest BCUT2D eigenvalue weighted by Gasteiger charge is -2.15. The van der Waals surface area contributed by atoms with E-state index in [1.807, 2.05) is 24.3 Å². The van der Waals surface area contributed by atoms with Crippen LogP contribution in [0.3, 0.4) is 0 Å². The first-order chi connectivity index (χ1) is 23.3. The molecule has 7 aromatic carbocycles. The van der Waals surface area contributed by atoms with Crippen molar-refractivity contribution < 1.29 is 0 Å². The molecule has 47 heavy (non-hydrogen) atoms. The fourth-order valence-electron chi connectivity index (χ4n) is 6.80. The van der Waals surface area contributed by atoms with Crippen molar-refractivity contribution in [3.8, 4) is 50.7 Å². The summed E-state index contributed by atoms with van der Waals surface area (Å²) in [7, 11) is 0. The minimum absolute atomic E-state index is 0.709. The molecule has 0 amide bonds. The Kier molecular flexibility index (Phi) is 6.46. The van der Waals surface area contributed by atoms with Crippen LogP contribution in [0.4, 0.5) is 0 Å². The molecule has 2 heterocycles. The van der Waals surface area contributed by atoms with Gasteiger partial charge in [0.2, 0.25) is 0 Å². The molecule has 0 saturated carbocycles. The highest BCUT2D eigenvalue weighted by Crippen LogP contribution is 2.38. The van der Waals surface area contributed by atoms with Crippen LogP contribution >= 0.6 is 0 Å². The van der Waals surface area contributed by atoms with Gasteiger partial charge in [-0.15, -0.1) is 0 Å². The Morgan fingerprint density at radius 3 is 1.49 bits per heavy atom. The SMILES string of the molecule is c1ccc(-c2ccc(-c3cc(-c4ccc(-n5c6ccccc6c6ccccc65)c5ccccc45)nc(-c4ccccc4)n3)cc2)cc1. The first kappa shape index (κ1) is 27.0. The maximum absolute atomic E-state index is 5.19. The molecular weight excluding hydrogens is 571 g/mol. The van der Waals surface area contributed by atoms with E-state index < -0.39 is 0 Å². The molecule has 2 aromatic heterocycles. The van der Waals surface area contributed by atoms with Crippen molar-refractivity contribution in [2.75, 3.05) is 0 Å². The molecule has 0 atom stereocenters. The predicted octanol–water partition coefficient (Wildman–Crippen LogP) is 11.4. The largest absolute Gasteiger partial charge is 0.309 e. The normalized spacial score (nSPS) is 11.4. The Morgan fingerprint density at radius 1 is 0.340 bits per heavy atom. The lowest BCUT2D eigenvalue weighted by molar-refractivity contribution is 1.18. The summed E-state index contributed by atoms with van der Waals surface area (Å²) >= 11 is 0. The van der Waals surface area contributed by atoms with E-state index in [4.69, 9.17) is 9.97 Å². The highest BCUT2D eigenvalue weighted by molar-refractivity contribution is 6.11. The average Bonchev–Trinajstić information content (AvgIpc) is 3.49. The number of para-hydroxylation sites is 2. The standard InChI is InChI=1S/C44H29N3/c1-3-13-30(14-4-1)31-23-25-32(26-24-31)39-29-40(46-44(45-39)33-15-5-2-6-16-33)35-27-28-43(36-18-8-7-17-34(35)36)47-41-21-11-9-19-37(41)38-20-10-12-22-42(38)47/h1-29H. The number of hydrogen-bond acceptors (Lipinski definition) is 2. The van der Waals surface area contributed by atoms with Crippen molar-refractivity contribution >= 4 is 32.6 Å². The summed E-state index contributed by atoms with van der Waals surface area (Å²) in [5.74, 6) is 0.709. The van der Waals surface area contributed by atoms with E-state index in [0.717, 1.165) is 39.2 Å². The van der Waals surface area contributed by atoms with Crippen LogP contribution in [0.2, 0.25) is 0 Å². The third-order valence-corrected chi connectivity index (χ3v) is 9.04. The zero-order valence-electron chi connectivity index (χ0n) is 25.6. The highest BCUT2D eigenvalue weighted by Gasteiger charge is 2.17. The van der Waals surface area contributed by atoms with Crippen molar-refractivity contribution in [1.82, 2.24) is 14.5 Å². The van der Waals surface area contributed by atoms with Gasteiger partial charge in [0.1, 0.15) is 0 Å². The first-order valence-electron chi connectivity index (χ1n) is 15.9. The Bertz CT molecular complexity index is 2490. The second-order valence-corrected chi connectivity index (χ2v) is 11.8. The molecular formula is C44H29N3. The average molecular weight is 600 g/mol. The minimum Gasteiger partial charge on any atom is -0.309 e. The van der Waals surface area contributed by atoms with Crippen molar-refractivity contribution in [2.24, 2.45) is 0 Å². The summed E-state index contributed by atoms with van der Waals surface area (Å²) in [6.07, 6.45) is 0. The molecule has 220 valence electrons. The maximum Gasteiger partial charge on any atom is 0.160 e. The van der Waals surface area contributed by atoms with E-state index in [9.17, 15) is 0 Å². The van der Waals surface area contributed by atoms with Crippen LogP contribution in [-0.4, -0.2) is 14.5 Å². The molecule has 0 aliphatic carbocycles. The van der Waals surface area contributed by atoms with Crippen LogP contribution in [0.25, 0.3) is 83.3 Å². The van der Waals surface area contributed by atoms with E-state index in [-0.39, 0.29) is 0 Å². The zero-order chi connectivity index (χ0) is 31.2. The van der Waals surface area contributed by atoms with E-state index in [1.165, 1.54) is 38.3 Å². The van der Waals surface area contributed by atoms with Gasteiger partial charge in [-0.3, -0.25) is 0 Å². The summed E-state index contributed by atoms with van der Waals surface area (Å²) in [5.41, 5.74) is 10.8. The Labute approximate surface area is 273 Å². The summed E-state index contributed by atoms with van der Waals surface area (Å²) in [4.78, 5) is 10.3. The maximum atomic E-state index is 5.19.